The van der Waals surface area contributed by atoms with E-state index in [9.17, 15) is 24.8 Å². The summed E-state index contributed by atoms with van der Waals surface area (Å²) in [5.41, 5.74) is 0.190. The summed E-state index contributed by atoms with van der Waals surface area (Å²) >= 11 is 0. The van der Waals surface area contributed by atoms with Crippen LogP contribution in [0.4, 0.5) is 11.4 Å². The molecular weight excluding hydrogens is 276 g/mol. The minimum absolute atomic E-state index is 0.119. The van der Waals surface area contributed by atoms with Crippen molar-refractivity contribution in [1.82, 2.24) is 0 Å². The molecule has 2 atom stereocenters. The minimum Gasteiger partial charge on any atom is -0.481 e. The van der Waals surface area contributed by atoms with Crippen LogP contribution in [0.3, 0.4) is 0 Å². The summed E-state index contributed by atoms with van der Waals surface area (Å²) in [7, 11) is 0. The maximum atomic E-state index is 12.2. The van der Waals surface area contributed by atoms with Crippen LogP contribution in [0.25, 0.3) is 0 Å². The number of hydrogen-bond acceptors (Lipinski definition) is 4. The maximum absolute atomic E-state index is 12.2. The third-order valence-electron chi connectivity index (χ3n) is 3.74. The van der Waals surface area contributed by atoms with Gasteiger partial charge in [-0.05, 0) is 18.9 Å². The van der Waals surface area contributed by atoms with Gasteiger partial charge in [-0.2, -0.15) is 0 Å². The zero-order chi connectivity index (χ0) is 15.4. The largest absolute Gasteiger partial charge is 0.481 e. The molecule has 1 saturated carbocycles. The molecule has 2 unspecified atom stereocenters. The zero-order valence-electron chi connectivity index (χ0n) is 11.3. The Kier molecular flexibility index (Phi) is 4.52. The number of nitro benzene ring substituents is 1. The van der Waals surface area contributed by atoms with Crippen molar-refractivity contribution in [2.45, 2.75) is 25.7 Å². The number of nitrogens with one attached hydrogen (secondary N) is 1. The molecule has 112 valence electrons. The zero-order valence-corrected chi connectivity index (χ0v) is 11.3. The number of aliphatic carboxylic acids is 1. The van der Waals surface area contributed by atoms with Crippen LogP contribution in [0.2, 0.25) is 0 Å². The van der Waals surface area contributed by atoms with Crippen molar-refractivity contribution >= 4 is 23.3 Å². The second-order valence-electron chi connectivity index (χ2n) is 5.13. The van der Waals surface area contributed by atoms with Gasteiger partial charge in [0.15, 0.2) is 0 Å². The number of nitrogens with zero attached hydrogens (tertiary/aromatic N) is 1. The van der Waals surface area contributed by atoms with Crippen LogP contribution in [-0.2, 0) is 9.59 Å². The number of carboxylic acid groups (broad SMARTS) is 1. The summed E-state index contributed by atoms with van der Waals surface area (Å²) in [5.74, 6) is -2.62. The number of nitro groups is 1. The second-order valence-corrected chi connectivity index (χ2v) is 5.13. The number of benzene rings is 1. The summed E-state index contributed by atoms with van der Waals surface area (Å²) in [6.45, 7) is 0. The summed E-state index contributed by atoms with van der Waals surface area (Å²) in [4.78, 5) is 33.6. The first-order chi connectivity index (χ1) is 9.99. The topological polar surface area (TPSA) is 110 Å². The Labute approximate surface area is 121 Å². The Bertz CT molecular complexity index is 572. The molecule has 1 amide bonds. The van der Waals surface area contributed by atoms with Crippen molar-refractivity contribution in [3.8, 4) is 0 Å². The monoisotopic (exact) mass is 292 g/mol. The number of carbonyl (C=O) groups is 2. The standard InChI is InChI=1S/C14H16N2O5/c17-13(11-6-1-2-7-12(11)14(18)19)15-9-4-3-5-10(8-9)16(20)21/h3-5,8,11-12H,1-2,6-7H2,(H,15,17)(H,18,19). The molecule has 1 fully saturated rings. The highest BCUT2D eigenvalue weighted by atomic mass is 16.6. The molecule has 0 aromatic heterocycles. The van der Waals surface area contributed by atoms with Crippen molar-refractivity contribution in [3.63, 3.8) is 0 Å². The summed E-state index contributed by atoms with van der Waals surface area (Å²) < 4.78 is 0. The SMILES string of the molecule is O=C(O)C1CCCCC1C(=O)Nc1cccc([N+](=O)[O-])c1. The fourth-order valence-electron chi connectivity index (χ4n) is 2.67. The first kappa shape index (κ1) is 15.0. The Morgan fingerprint density at radius 3 is 2.52 bits per heavy atom. The molecule has 1 aromatic rings. The minimum atomic E-state index is -0.964. The van der Waals surface area contributed by atoms with E-state index in [2.05, 4.69) is 5.32 Å². The van der Waals surface area contributed by atoms with Gasteiger partial charge < -0.3 is 10.4 Å². The number of carboxylic acids is 1. The van der Waals surface area contributed by atoms with Gasteiger partial charge in [-0.25, -0.2) is 0 Å². The molecule has 21 heavy (non-hydrogen) atoms. The van der Waals surface area contributed by atoms with Gasteiger partial charge >= 0.3 is 5.97 Å². The predicted octanol–water partition coefficient (Wildman–Crippen LogP) is 2.42. The molecule has 0 bridgehead atoms. The van der Waals surface area contributed by atoms with Crippen molar-refractivity contribution in [2.24, 2.45) is 11.8 Å². The smallest absolute Gasteiger partial charge is 0.307 e. The van der Waals surface area contributed by atoms with Gasteiger partial charge in [0, 0.05) is 17.8 Å². The Morgan fingerprint density at radius 2 is 1.90 bits per heavy atom. The second kappa shape index (κ2) is 6.34. The van der Waals surface area contributed by atoms with Gasteiger partial charge in [-0.15, -0.1) is 0 Å². The van der Waals surface area contributed by atoms with Crippen molar-refractivity contribution in [3.05, 3.63) is 34.4 Å². The predicted molar refractivity (Wildman–Crippen MR) is 74.8 cm³/mol. The lowest BCUT2D eigenvalue weighted by molar-refractivity contribution is -0.384. The van der Waals surface area contributed by atoms with Gasteiger partial charge in [-0.3, -0.25) is 19.7 Å². The first-order valence-electron chi connectivity index (χ1n) is 6.77. The molecule has 0 saturated heterocycles. The van der Waals surface area contributed by atoms with E-state index in [1.54, 1.807) is 6.07 Å². The van der Waals surface area contributed by atoms with Gasteiger partial charge in [0.05, 0.1) is 16.8 Å². The molecule has 1 aromatic carbocycles. The van der Waals surface area contributed by atoms with Crippen LogP contribution in [-0.4, -0.2) is 21.9 Å². The van der Waals surface area contributed by atoms with Crippen LogP contribution >= 0.6 is 0 Å². The molecule has 0 spiro atoms. The van der Waals surface area contributed by atoms with E-state index in [1.807, 2.05) is 0 Å². The molecule has 7 nitrogen and oxygen atoms in total. The summed E-state index contributed by atoms with van der Waals surface area (Å²) in [6, 6.07) is 5.61. The summed E-state index contributed by atoms with van der Waals surface area (Å²) in [5, 5.41) is 22.5. The van der Waals surface area contributed by atoms with Gasteiger partial charge in [0.1, 0.15) is 0 Å². The average Bonchev–Trinajstić information content (AvgIpc) is 2.47. The third kappa shape index (κ3) is 3.56. The van der Waals surface area contributed by atoms with E-state index in [0.717, 1.165) is 12.8 Å². The fraction of sp³-hybridized carbons (Fsp3) is 0.429. The van der Waals surface area contributed by atoms with Crippen molar-refractivity contribution in [1.29, 1.82) is 0 Å². The average molecular weight is 292 g/mol. The van der Waals surface area contributed by atoms with Crippen molar-refractivity contribution < 1.29 is 19.6 Å². The van der Waals surface area contributed by atoms with E-state index in [1.165, 1.54) is 18.2 Å². The molecule has 1 aliphatic rings. The fourth-order valence-corrected chi connectivity index (χ4v) is 2.67. The summed E-state index contributed by atoms with van der Waals surface area (Å²) in [6.07, 6.45) is 2.63. The van der Waals surface area contributed by atoms with Crippen LogP contribution in [0, 0.1) is 22.0 Å². The molecule has 7 heteroatoms. The number of hydrogen-bond donors (Lipinski definition) is 2. The number of carbonyl (C=O) groups excluding carboxylic acids is 1. The van der Waals surface area contributed by atoms with E-state index in [4.69, 9.17) is 0 Å². The molecule has 1 aliphatic carbocycles. The molecule has 0 radical (unpaired) electrons. The quantitative estimate of drug-likeness (QED) is 0.654. The van der Waals surface area contributed by atoms with Crippen LogP contribution in [0.5, 0.6) is 0 Å². The number of rotatable bonds is 4. The molecule has 2 N–H and O–H groups in total. The molecular formula is C14H16N2O5. The Balaban J connectivity index is 2.11. The number of non-ortho nitro benzene ring substituents is 1. The lowest BCUT2D eigenvalue weighted by Crippen LogP contribution is -2.36. The molecule has 0 heterocycles. The number of anilines is 1. The van der Waals surface area contributed by atoms with E-state index in [0.29, 0.717) is 18.5 Å². The lowest BCUT2D eigenvalue weighted by Gasteiger charge is -2.27. The highest BCUT2D eigenvalue weighted by Gasteiger charge is 2.35. The normalized spacial score (nSPS) is 21.5. The van der Waals surface area contributed by atoms with Crippen LogP contribution in [0.15, 0.2) is 24.3 Å². The Hall–Kier alpha value is -2.44. The van der Waals surface area contributed by atoms with Gasteiger partial charge in [-0.1, -0.05) is 18.9 Å². The van der Waals surface area contributed by atoms with Gasteiger partial charge in [0.25, 0.3) is 5.69 Å². The Morgan fingerprint density at radius 1 is 1.24 bits per heavy atom. The molecule has 0 aliphatic heterocycles. The van der Waals surface area contributed by atoms with Gasteiger partial charge in [0.2, 0.25) is 5.91 Å². The van der Waals surface area contributed by atoms with E-state index >= 15 is 0 Å². The van der Waals surface area contributed by atoms with E-state index < -0.39 is 22.7 Å². The maximum Gasteiger partial charge on any atom is 0.307 e. The first-order valence-corrected chi connectivity index (χ1v) is 6.77. The highest BCUT2D eigenvalue weighted by molar-refractivity contribution is 5.95. The van der Waals surface area contributed by atoms with Crippen molar-refractivity contribution in [2.75, 3.05) is 5.32 Å². The number of amides is 1. The van der Waals surface area contributed by atoms with E-state index in [-0.39, 0.29) is 11.6 Å². The third-order valence-corrected chi connectivity index (χ3v) is 3.74. The highest BCUT2D eigenvalue weighted by Crippen LogP contribution is 2.31. The van der Waals surface area contributed by atoms with Crippen LogP contribution in [0.1, 0.15) is 25.7 Å². The lowest BCUT2D eigenvalue weighted by atomic mass is 9.78. The van der Waals surface area contributed by atoms with Crippen LogP contribution < -0.4 is 5.32 Å². The molecule has 2 rings (SSSR count).